The summed E-state index contributed by atoms with van der Waals surface area (Å²) in [4.78, 5) is 9.75. The Kier molecular flexibility index (Phi) is 2.98. The van der Waals surface area contributed by atoms with Gasteiger partial charge in [0.15, 0.2) is 5.75 Å². The van der Waals surface area contributed by atoms with Crippen LogP contribution in [-0.4, -0.2) is 12.0 Å². The van der Waals surface area contributed by atoms with E-state index < -0.39 is 16.4 Å². The Bertz CT molecular complexity index is 368. The fourth-order valence-electron chi connectivity index (χ4n) is 1.05. The predicted octanol–water partition coefficient (Wildman–Crippen LogP) is 1.20. The molecule has 0 amide bonds. The van der Waals surface area contributed by atoms with E-state index in [0.717, 1.165) is 6.07 Å². The van der Waals surface area contributed by atoms with E-state index in [-0.39, 0.29) is 17.9 Å². The molecule has 1 rings (SSSR count). The zero-order chi connectivity index (χ0) is 10.7. The molecule has 0 unspecified atom stereocenters. The maximum atomic E-state index is 13.1. The van der Waals surface area contributed by atoms with E-state index in [1.54, 1.807) is 0 Å². The minimum absolute atomic E-state index is 0.0110. The molecule has 0 atom stereocenters. The van der Waals surface area contributed by atoms with Crippen molar-refractivity contribution >= 4 is 5.69 Å². The zero-order valence-electron chi connectivity index (χ0n) is 7.49. The zero-order valence-corrected chi connectivity index (χ0v) is 7.49. The third-order valence-corrected chi connectivity index (χ3v) is 1.76. The van der Waals surface area contributed by atoms with E-state index in [1.165, 1.54) is 13.2 Å². The minimum atomic E-state index is -0.706. The van der Waals surface area contributed by atoms with Crippen molar-refractivity contribution in [1.29, 1.82) is 0 Å². The predicted molar refractivity (Wildman–Crippen MR) is 47.5 cm³/mol. The van der Waals surface area contributed by atoms with Crippen molar-refractivity contribution in [3.05, 3.63) is 33.6 Å². The summed E-state index contributed by atoms with van der Waals surface area (Å²) in [6, 6.07) is 2.04. The van der Waals surface area contributed by atoms with Crippen molar-refractivity contribution in [2.75, 3.05) is 7.11 Å². The lowest BCUT2D eigenvalue weighted by Gasteiger charge is -2.04. The summed E-state index contributed by atoms with van der Waals surface area (Å²) in [5.41, 5.74) is 5.02. The number of nitrogens with two attached hydrogens (primary N) is 1. The summed E-state index contributed by atoms with van der Waals surface area (Å²) in [7, 11) is 1.28. The van der Waals surface area contributed by atoms with Crippen LogP contribution < -0.4 is 10.5 Å². The molecule has 14 heavy (non-hydrogen) atoms. The Labute approximate surface area is 79.4 Å². The van der Waals surface area contributed by atoms with Gasteiger partial charge in [0.1, 0.15) is 5.82 Å². The number of nitro groups is 1. The molecule has 0 heterocycles. The molecule has 0 spiro atoms. The van der Waals surface area contributed by atoms with Crippen molar-refractivity contribution in [2.24, 2.45) is 5.73 Å². The molecular formula is C8H9FN2O3. The second-order valence-corrected chi connectivity index (χ2v) is 2.58. The van der Waals surface area contributed by atoms with E-state index in [9.17, 15) is 14.5 Å². The number of benzene rings is 1. The first-order valence-electron chi connectivity index (χ1n) is 3.81. The van der Waals surface area contributed by atoms with E-state index in [0.29, 0.717) is 0 Å². The Hall–Kier alpha value is -1.69. The van der Waals surface area contributed by atoms with E-state index >= 15 is 0 Å². The molecule has 1 aromatic rings. The van der Waals surface area contributed by atoms with Crippen LogP contribution in [0.3, 0.4) is 0 Å². The van der Waals surface area contributed by atoms with Crippen LogP contribution in [0.15, 0.2) is 12.1 Å². The maximum absolute atomic E-state index is 13.1. The van der Waals surface area contributed by atoms with Crippen LogP contribution in [-0.2, 0) is 6.54 Å². The van der Waals surface area contributed by atoms with Crippen LogP contribution >= 0.6 is 0 Å². The molecule has 0 aromatic heterocycles. The number of nitro benzene ring substituents is 1. The number of hydrogen-bond acceptors (Lipinski definition) is 4. The number of halogens is 1. The highest BCUT2D eigenvalue weighted by atomic mass is 19.1. The maximum Gasteiger partial charge on any atom is 0.313 e. The average Bonchev–Trinajstić information content (AvgIpc) is 2.17. The van der Waals surface area contributed by atoms with Gasteiger partial charge in [-0.05, 0) is 6.07 Å². The second-order valence-electron chi connectivity index (χ2n) is 2.58. The van der Waals surface area contributed by atoms with Crippen molar-refractivity contribution in [3.63, 3.8) is 0 Å². The summed E-state index contributed by atoms with van der Waals surface area (Å²) in [6.07, 6.45) is 0. The Balaban J connectivity index is 3.31. The number of nitrogens with zero attached hydrogens (tertiary/aromatic N) is 1. The molecule has 1 aromatic carbocycles. The first-order valence-corrected chi connectivity index (χ1v) is 3.81. The largest absolute Gasteiger partial charge is 0.490 e. The Morgan fingerprint density at radius 2 is 2.29 bits per heavy atom. The normalized spacial score (nSPS) is 9.93. The number of ether oxygens (including phenoxy) is 1. The SMILES string of the molecule is COc1cc(CN)c(F)cc1[N+](=O)[O-]. The molecule has 0 radical (unpaired) electrons. The average molecular weight is 200 g/mol. The summed E-state index contributed by atoms with van der Waals surface area (Å²) in [5, 5.41) is 10.5. The lowest BCUT2D eigenvalue weighted by molar-refractivity contribution is -0.386. The van der Waals surface area contributed by atoms with Gasteiger partial charge in [0, 0.05) is 12.1 Å². The van der Waals surface area contributed by atoms with E-state index in [2.05, 4.69) is 0 Å². The minimum Gasteiger partial charge on any atom is -0.490 e. The van der Waals surface area contributed by atoms with Crippen molar-refractivity contribution in [3.8, 4) is 5.75 Å². The molecule has 6 heteroatoms. The van der Waals surface area contributed by atoms with Gasteiger partial charge in [-0.1, -0.05) is 0 Å². The van der Waals surface area contributed by atoms with Crippen LogP contribution in [0.4, 0.5) is 10.1 Å². The molecule has 0 aliphatic heterocycles. The van der Waals surface area contributed by atoms with Crippen LogP contribution in [0.2, 0.25) is 0 Å². The highest BCUT2D eigenvalue weighted by Gasteiger charge is 2.18. The summed E-state index contributed by atoms with van der Waals surface area (Å²) in [6.45, 7) is -0.0276. The fraction of sp³-hybridized carbons (Fsp3) is 0.250. The quantitative estimate of drug-likeness (QED) is 0.587. The van der Waals surface area contributed by atoms with Crippen molar-refractivity contribution < 1.29 is 14.1 Å². The number of hydrogen-bond donors (Lipinski definition) is 1. The molecule has 0 fully saturated rings. The van der Waals surface area contributed by atoms with Gasteiger partial charge < -0.3 is 10.5 Å². The fourth-order valence-corrected chi connectivity index (χ4v) is 1.05. The summed E-state index contributed by atoms with van der Waals surface area (Å²) < 4.78 is 17.8. The Morgan fingerprint density at radius 3 is 2.71 bits per heavy atom. The molecular weight excluding hydrogens is 191 g/mol. The standard InChI is InChI=1S/C8H9FN2O3/c1-14-8-2-5(4-10)6(9)3-7(8)11(12)13/h2-3H,4,10H2,1H3. The van der Waals surface area contributed by atoms with Gasteiger partial charge in [-0.3, -0.25) is 10.1 Å². The van der Waals surface area contributed by atoms with Gasteiger partial charge in [-0.2, -0.15) is 0 Å². The first kappa shape index (κ1) is 10.4. The van der Waals surface area contributed by atoms with E-state index in [1.807, 2.05) is 0 Å². The van der Waals surface area contributed by atoms with Crippen LogP contribution in [0, 0.1) is 15.9 Å². The second kappa shape index (κ2) is 4.01. The molecule has 0 bridgehead atoms. The molecule has 0 saturated heterocycles. The van der Waals surface area contributed by atoms with Crippen LogP contribution in [0.25, 0.3) is 0 Å². The van der Waals surface area contributed by atoms with Crippen LogP contribution in [0.1, 0.15) is 5.56 Å². The third-order valence-electron chi connectivity index (χ3n) is 1.76. The highest BCUT2D eigenvalue weighted by molar-refractivity contribution is 5.49. The molecule has 0 saturated carbocycles. The number of methoxy groups -OCH3 is 1. The topological polar surface area (TPSA) is 78.4 Å². The van der Waals surface area contributed by atoms with E-state index in [4.69, 9.17) is 10.5 Å². The van der Waals surface area contributed by atoms with Crippen molar-refractivity contribution in [1.82, 2.24) is 0 Å². The third kappa shape index (κ3) is 1.80. The monoisotopic (exact) mass is 200 g/mol. The van der Waals surface area contributed by atoms with Gasteiger partial charge >= 0.3 is 5.69 Å². The van der Waals surface area contributed by atoms with Gasteiger partial charge in [0.05, 0.1) is 18.1 Å². The summed E-state index contributed by atoms with van der Waals surface area (Å²) >= 11 is 0. The van der Waals surface area contributed by atoms with Gasteiger partial charge in [0.2, 0.25) is 0 Å². The smallest absolute Gasteiger partial charge is 0.313 e. The molecule has 2 N–H and O–H groups in total. The Morgan fingerprint density at radius 1 is 1.64 bits per heavy atom. The van der Waals surface area contributed by atoms with Gasteiger partial charge in [-0.15, -0.1) is 0 Å². The highest BCUT2D eigenvalue weighted by Crippen LogP contribution is 2.29. The number of rotatable bonds is 3. The molecule has 5 nitrogen and oxygen atoms in total. The molecule has 76 valence electrons. The lowest BCUT2D eigenvalue weighted by atomic mass is 10.2. The van der Waals surface area contributed by atoms with Crippen molar-refractivity contribution in [2.45, 2.75) is 6.54 Å². The lowest BCUT2D eigenvalue weighted by Crippen LogP contribution is -2.02. The molecule has 0 aliphatic carbocycles. The van der Waals surface area contributed by atoms with Crippen LogP contribution in [0.5, 0.6) is 5.75 Å². The van der Waals surface area contributed by atoms with Gasteiger partial charge in [-0.25, -0.2) is 4.39 Å². The molecule has 0 aliphatic rings. The first-order chi connectivity index (χ1) is 6.60. The van der Waals surface area contributed by atoms with Gasteiger partial charge in [0.25, 0.3) is 0 Å². The summed E-state index contributed by atoms with van der Waals surface area (Å²) in [5.74, 6) is -0.683.